The number of aliphatic carboxylic acids is 1. The molecular weight excluding hydrogens is 248 g/mol. The molecule has 110 valence electrons. The standard InChI is InChI=1S/C13H24N2O4/c1-2-5-10(12(17)18)8-14-13(19)15-7-4-3-6-11(15)9-16/h10-11,16H,2-9H2,1H3,(H,14,19)(H,17,18). The minimum Gasteiger partial charge on any atom is -0.481 e. The number of carboxylic acids is 1. The predicted molar refractivity (Wildman–Crippen MR) is 70.9 cm³/mol. The van der Waals surface area contributed by atoms with Crippen LogP contribution in [0.1, 0.15) is 39.0 Å². The van der Waals surface area contributed by atoms with Crippen molar-refractivity contribution in [2.75, 3.05) is 19.7 Å². The molecule has 1 saturated heterocycles. The Bertz CT molecular complexity index is 309. The van der Waals surface area contributed by atoms with Crippen molar-refractivity contribution in [1.82, 2.24) is 10.2 Å². The number of urea groups is 1. The summed E-state index contributed by atoms with van der Waals surface area (Å²) in [7, 11) is 0. The number of carboxylic acid groups (broad SMARTS) is 1. The largest absolute Gasteiger partial charge is 0.481 e. The highest BCUT2D eigenvalue weighted by atomic mass is 16.4. The summed E-state index contributed by atoms with van der Waals surface area (Å²) in [6.07, 6.45) is 4.08. The van der Waals surface area contributed by atoms with E-state index < -0.39 is 11.9 Å². The lowest BCUT2D eigenvalue weighted by molar-refractivity contribution is -0.141. The minimum absolute atomic E-state index is 0.0370. The zero-order valence-electron chi connectivity index (χ0n) is 11.5. The number of nitrogens with one attached hydrogen (secondary N) is 1. The highest BCUT2D eigenvalue weighted by Gasteiger charge is 2.27. The molecule has 1 rings (SSSR count). The maximum atomic E-state index is 12.0. The van der Waals surface area contributed by atoms with Gasteiger partial charge in [-0.3, -0.25) is 4.79 Å². The van der Waals surface area contributed by atoms with Crippen molar-refractivity contribution in [3.63, 3.8) is 0 Å². The maximum absolute atomic E-state index is 12.0. The topological polar surface area (TPSA) is 89.9 Å². The van der Waals surface area contributed by atoms with E-state index in [2.05, 4.69) is 5.32 Å². The van der Waals surface area contributed by atoms with Gasteiger partial charge in [0.25, 0.3) is 0 Å². The highest BCUT2D eigenvalue weighted by molar-refractivity contribution is 5.76. The van der Waals surface area contributed by atoms with Gasteiger partial charge in [-0.05, 0) is 25.7 Å². The van der Waals surface area contributed by atoms with Gasteiger partial charge in [-0.15, -0.1) is 0 Å². The van der Waals surface area contributed by atoms with Crippen LogP contribution >= 0.6 is 0 Å². The number of carbonyl (C=O) groups is 2. The Morgan fingerprint density at radius 2 is 2.16 bits per heavy atom. The number of likely N-dealkylation sites (tertiary alicyclic amines) is 1. The van der Waals surface area contributed by atoms with E-state index in [0.717, 1.165) is 25.7 Å². The van der Waals surface area contributed by atoms with Gasteiger partial charge >= 0.3 is 12.0 Å². The molecule has 0 aromatic carbocycles. The molecule has 0 saturated carbocycles. The molecule has 6 nitrogen and oxygen atoms in total. The number of aliphatic hydroxyl groups is 1. The van der Waals surface area contributed by atoms with Crippen molar-refractivity contribution < 1.29 is 19.8 Å². The normalized spacial score (nSPS) is 20.9. The van der Waals surface area contributed by atoms with Gasteiger partial charge < -0.3 is 20.4 Å². The van der Waals surface area contributed by atoms with Gasteiger partial charge in [-0.1, -0.05) is 13.3 Å². The van der Waals surface area contributed by atoms with E-state index in [0.29, 0.717) is 13.0 Å². The van der Waals surface area contributed by atoms with Crippen LogP contribution < -0.4 is 5.32 Å². The van der Waals surface area contributed by atoms with Crippen LogP contribution in [0.25, 0.3) is 0 Å². The number of amides is 2. The van der Waals surface area contributed by atoms with Gasteiger partial charge in [0.15, 0.2) is 0 Å². The van der Waals surface area contributed by atoms with Gasteiger partial charge in [0.05, 0.1) is 18.6 Å². The Morgan fingerprint density at radius 1 is 1.42 bits per heavy atom. The third-order valence-electron chi connectivity index (χ3n) is 3.58. The zero-order chi connectivity index (χ0) is 14.3. The van der Waals surface area contributed by atoms with Crippen LogP contribution in [0.5, 0.6) is 0 Å². The third-order valence-corrected chi connectivity index (χ3v) is 3.58. The van der Waals surface area contributed by atoms with E-state index in [9.17, 15) is 14.7 Å². The second-order valence-corrected chi connectivity index (χ2v) is 5.04. The summed E-state index contributed by atoms with van der Waals surface area (Å²) >= 11 is 0. The molecule has 2 unspecified atom stereocenters. The first-order valence-electron chi connectivity index (χ1n) is 6.98. The molecule has 0 aromatic rings. The monoisotopic (exact) mass is 272 g/mol. The Kier molecular flexibility index (Phi) is 6.62. The van der Waals surface area contributed by atoms with Crippen molar-refractivity contribution in [3.8, 4) is 0 Å². The highest BCUT2D eigenvalue weighted by Crippen LogP contribution is 2.16. The molecule has 1 heterocycles. The Hall–Kier alpha value is -1.30. The molecule has 19 heavy (non-hydrogen) atoms. The average Bonchev–Trinajstić information content (AvgIpc) is 2.42. The van der Waals surface area contributed by atoms with E-state index >= 15 is 0 Å². The summed E-state index contributed by atoms with van der Waals surface area (Å²) in [6.45, 7) is 2.66. The summed E-state index contributed by atoms with van der Waals surface area (Å²) in [4.78, 5) is 24.6. The summed E-state index contributed by atoms with van der Waals surface area (Å²) < 4.78 is 0. The molecule has 2 atom stereocenters. The van der Waals surface area contributed by atoms with E-state index in [1.54, 1.807) is 4.90 Å². The van der Waals surface area contributed by atoms with Gasteiger partial charge in [0.2, 0.25) is 0 Å². The number of aliphatic hydroxyl groups excluding tert-OH is 1. The van der Waals surface area contributed by atoms with Gasteiger partial charge in [0, 0.05) is 13.1 Å². The molecule has 1 aliphatic heterocycles. The van der Waals surface area contributed by atoms with Crippen molar-refractivity contribution in [1.29, 1.82) is 0 Å². The first-order valence-corrected chi connectivity index (χ1v) is 6.98. The minimum atomic E-state index is -0.875. The summed E-state index contributed by atoms with van der Waals surface area (Å²) in [5, 5.41) is 20.9. The van der Waals surface area contributed by atoms with Gasteiger partial charge in [-0.2, -0.15) is 0 Å². The van der Waals surface area contributed by atoms with Gasteiger partial charge in [-0.25, -0.2) is 4.79 Å². The molecule has 0 radical (unpaired) electrons. The number of rotatable bonds is 6. The molecule has 1 aliphatic rings. The summed E-state index contributed by atoms with van der Waals surface area (Å²) in [6, 6.07) is -0.399. The molecular formula is C13H24N2O4. The van der Waals surface area contributed by atoms with Crippen molar-refractivity contribution in [3.05, 3.63) is 0 Å². The molecule has 0 bridgehead atoms. The Balaban J connectivity index is 2.46. The van der Waals surface area contributed by atoms with Gasteiger partial charge in [0.1, 0.15) is 0 Å². The van der Waals surface area contributed by atoms with Crippen LogP contribution in [0.4, 0.5) is 4.79 Å². The first kappa shape index (κ1) is 15.8. The number of nitrogens with zero attached hydrogens (tertiary/aromatic N) is 1. The summed E-state index contributed by atoms with van der Waals surface area (Å²) in [5.41, 5.74) is 0. The lowest BCUT2D eigenvalue weighted by Gasteiger charge is -2.34. The van der Waals surface area contributed by atoms with E-state index in [-0.39, 0.29) is 25.2 Å². The molecule has 6 heteroatoms. The number of hydrogen-bond acceptors (Lipinski definition) is 3. The quantitative estimate of drug-likeness (QED) is 0.674. The van der Waals surface area contributed by atoms with E-state index in [1.165, 1.54) is 0 Å². The summed E-state index contributed by atoms with van der Waals surface area (Å²) in [5.74, 6) is -1.41. The van der Waals surface area contributed by atoms with Crippen LogP contribution in [-0.4, -0.2) is 52.9 Å². The lowest BCUT2D eigenvalue weighted by atomic mass is 10.0. The fourth-order valence-corrected chi connectivity index (χ4v) is 2.43. The molecule has 0 spiro atoms. The lowest BCUT2D eigenvalue weighted by Crippen LogP contribution is -2.51. The molecule has 0 aliphatic carbocycles. The van der Waals surface area contributed by atoms with Crippen LogP contribution in [0.3, 0.4) is 0 Å². The van der Waals surface area contributed by atoms with E-state index in [1.807, 2.05) is 6.92 Å². The maximum Gasteiger partial charge on any atom is 0.317 e. The Morgan fingerprint density at radius 3 is 2.74 bits per heavy atom. The SMILES string of the molecule is CCCC(CNC(=O)N1CCCCC1CO)C(=O)O. The zero-order valence-corrected chi connectivity index (χ0v) is 11.5. The number of piperidine rings is 1. The Labute approximate surface area is 113 Å². The van der Waals surface area contributed by atoms with Crippen LogP contribution in [0, 0.1) is 5.92 Å². The van der Waals surface area contributed by atoms with E-state index in [4.69, 9.17) is 5.11 Å². The number of hydrogen-bond donors (Lipinski definition) is 3. The predicted octanol–water partition coefficient (Wildman–Crippen LogP) is 1.04. The van der Waals surface area contributed by atoms with Crippen molar-refractivity contribution in [2.45, 2.75) is 45.1 Å². The second kappa shape index (κ2) is 7.99. The molecule has 0 aromatic heterocycles. The second-order valence-electron chi connectivity index (χ2n) is 5.04. The van der Waals surface area contributed by atoms with Crippen LogP contribution in [0.2, 0.25) is 0 Å². The van der Waals surface area contributed by atoms with Crippen LogP contribution in [-0.2, 0) is 4.79 Å². The van der Waals surface area contributed by atoms with Crippen molar-refractivity contribution >= 4 is 12.0 Å². The fourth-order valence-electron chi connectivity index (χ4n) is 2.43. The average molecular weight is 272 g/mol. The molecule has 1 fully saturated rings. The molecule has 2 amide bonds. The van der Waals surface area contributed by atoms with Crippen molar-refractivity contribution in [2.24, 2.45) is 5.92 Å². The smallest absolute Gasteiger partial charge is 0.317 e. The fraction of sp³-hybridized carbons (Fsp3) is 0.846. The van der Waals surface area contributed by atoms with Crippen LogP contribution in [0.15, 0.2) is 0 Å². The molecule has 3 N–H and O–H groups in total. The first-order chi connectivity index (χ1) is 9.10. The number of carbonyl (C=O) groups excluding carboxylic acids is 1. The third kappa shape index (κ3) is 4.70.